The first-order chi connectivity index (χ1) is 9.06. The summed E-state index contributed by atoms with van der Waals surface area (Å²) >= 11 is 0. The number of hydrogen-bond acceptors (Lipinski definition) is 2. The van der Waals surface area contributed by atoms with E-state index >= 15 is 0 Å². The van der Waals surface area contributed by atoms with Crippen molar-refractivity contribution < 1.29 is 0 Å². The Hall–Kier alpha value is -0.860. The van der Waals surface area contributed by atoms with Crippen LogP contribution >= 0.6 is 0 Å². The van der Waals surface area contributed by atoms with Gasteiger partial charge >= 0.3 is 0 Å². The van der Waals surface area contributed by atoms with E-state index in [2.05, 4.69) is 50.5 Å². The molecule has 3 N–H and O–H groups in total. The molecule has 0 aromatic heterocycles. The zero-order valence-electron chi connectivity index (χ0n) is 12.6. The first kappa shape index (κ1) is 14.5. The third-order valence-corrected chi connectivity index (χ3v) is 4.93. The van der Waals surface area contributed by atoms with Crippen LogP contribution in [0, 0.1) is 11.3 Å². The summed E-state index contributed by atoms with van der Waals surface area (Å²) in [6, 6.07) is 9.38. The number of nitrogens with two attached hydrogens (primary N) is 1. The minimum atomic E-state index is 0.393. The smallest absolute Gasteiger partial charge is 0.0284 e. The molecule has 19 heavy (non-hydrogen) atoms. The summed E-state index contributed by atoms with van der Waals surface area (Å²) in [4.78, 5) is 0. The molecule has 0 radical (unpaired) electrons. The lowest BCUT2D eigenvalue weighted by atomic mass is 9.76. The Bertz CT molecular complexity index is 394. The van der Waals surface area contributed by atoms with E-state index in [1.807, 2.05) is 0 Å². The largest absolute Gasteiger partial charge is 0.271 e. The maximum absolute atomic E-state index is 5.83. The van der Waals surface area contributed by atoms with Crippen molar-refractivity contribution in [3.63, 3.8) is 0 Å². The third kappa shape index (κ3) is 3.37. The Morgan fingerprint density at radius 1 is 1.26 bits per heavy atom. The van der Waals surface area contributed by atoms with Crippen molar-refractivity contribution in [3.05, 3.63) is 35.4 Å². The number of nitrogens with one attached hydrogen (secondary N) is 1. The molecule has 1 aliphatic carbocycles. The molecule has 1 aromatic rings. The second kappa shape index (κ2) is 6.06. The number of benzene rings is 1. The molecule has 2 nitrogen and oxygen atoms in total. The summed E-state index contributed by atoms with van der Waals surface area (Å²) in [6.45, 7) is 6.96. The highest BCUT2D eigenvalue weighted by Crippen LogP contribution is 2.44. The van der Waals surface area contributed by atoms with E-state index in [9.17, 15) is 0 Å². The van der Waals surface area contributed by atoms with Gasteiger partial charge in [0.25, 0.3) is 0 Å². The van der Waals surface area contributed by atoms with Gasteiger partial charge in [0.15, 0.2) is 0 Å². The maximum Gasteiger partial charge on any atom is 0.0284 e. The lowest BCUT2D eigenvalue weighted by molar-refractivity contribution is 0.196. The molecule has 2 rings (SSSR count). The van der Waals surface area contributed by atoms with Gasteiger partial charge in [0.2, 0.25) is 0 Å². The van der Waals surface area contributed by atoms with Crippen molar-refractivity contribution in [2.45, 2.75) is 58.9 Å². The van der Waals surface area contributed by atoms with E-state index in [0.717, 1.165) is 12.8 Å². The molecule has 1 aromatic carbocycles. The average Bonchev–Trinajstić information content (AvgIpc) is 2.76. The predicted octanol–water partition coefficient (Wildman–Crippen LogP) is 3.45. The monoisotopic (exact) mass is 260 g/mol. The van der Waals surface area contributed by atoms with Crippen LogP contribution < -0.4 is 11.3 Å². The van der Waals surface area contributed by atoms with Gasteiger partial charge in [0.1, 0.15) is 0 Å². The summed E-state index contributed by atoms with van der Waals surface area (Å²) in [7, 11) is 0. The normalized spacial score (nSPS) is 23.5. The van der Waals surface area contributed by atoms with Crippen molar-refractivity contribution in [2.24, 2.45) is 17.2 Å². The fourth-order valence-electron chi connectivity index (χ4n) is 3.58. The average molecular weight is 260 g/mol. The predicted molar refractivity (Wildman–Crippen MR) is 81.8 cm³/mol. The second-order valence-corrected chi connectivity index (χ2v) is 6.63. The first-order valence-corrected chi connectivity index (χ1v) is 7.60. The van der Waals surface area contributed by atoms with Gasteiger partial charge in [-0.2, -0.15) is 0 Å². The zero-order chi connectivity index (χ0) is 13.9. The maximum atomic E-state index is 5.83. The van der Waals surface area contributed by atoms with Gasteiger partial charge in [-0.05, 0) is 48.1 Å². The van der Waals surface area contributed by atoms with Gasteiger partial charge in [-0.25, -0.2) is 0 Å². The van der Waals surface area contributed by atoms with E-state index < -0.39 is 0 Å². The summed E-state index contributed by atoms with van der Waals surface area (Å²) in [5.41, 5.74) is 6.29. The minimum absolute atomic E-state index is 0.393. The molecule has 0 bridgehead atoms. The molecule has 2 atom stereocenters. The molecule has 2 heteroatoms. The van der Waals surface area contributed by atoms with E-state index in [1.165, 1.54) is 30.4 Å². The van der Waals surface area contributed by atoms with Crippen LogP contribution in [0.25, 0.3) is 0 Å². The number of hydrogen-bond donors (Lipinski definition) is 2. The Balaban J connectivity index is 2.06. The van der Waals surface area contributed by atoms with Gasteiger partial charge in [-0.3, -0.25) is 11.3 Å². The van der Waals surface area contributed by atoms with Crippen LogP contribution in [0.15, 0.2) is 24.3 Å². The van der Waals surface area contributed by atoms with Crippen molar-refractivity contribution in [3.8, 4) is 0 Å². The van der Waals surface area contributed by atoms with E-state index in [1.54, 1.807) is 0 Å². The molecule has 2 unspecified atom stereocenters. The Kier molecular flexibility index (Phi) is 4.64. The SMILES string of the molecule is CCc1ccc(CC(NN)C2CCCC2(C)C)cc1. The molecule has 0 aliphatic heterocycles. The fourth-order valence-corrected chi connectivity index (χ4v) is 3.58. The Labute approximate surface area is 117 Å². The molecule has 0 amide bonds. The molecule has 1 saturated carbocycles. The highest BCUT2D eigenvalue weighted by atomic mass is 15.2. The van der Waals surface area contributed by atoms with Crippen LogP contribution in [0.3, 0.4) is 0 Å². The van der Waals surface area contributed by atoms with Gasteiger partial charge < -0.3 is 0 Å². The Morgan fingerprint density at radius 2 is 1.89 bits per heavy atom. The molecule has 0 spiro atoms. The fraction of sp³-hybridized carbons (Fsp3) is 0.647. The molecular formula is C17H28N2. The van der Waals surface area contributed by atoms with Crippen molar-refractivity contribution in [1.82, 2.24) is 5.43 Å². The van der Waals surface area contributed by atoms with Gasteiger partial charge in [-0.15, -0.1) is 0 Å². The molecule has 0 saturated heterocycles. The third-order valence-electron chi connectivity index (χ3n) is 4.93. The van der Waals surface area contributed by atoms with Crippen LogP contribution in [0.2, 0.25) is 0 Å². The van der Waals surface area contributed by atoms with Crippen LogP contribution in [-0.2, 0) is 12.8 Å². The first-order valence-electron chi connectivity index (χ1n) is 7.60. The van der Waals surface area contributed by atoms with E-state index in [4.69, 9.17) is 5.84 Å². The van der Waals surface area contributed by atoms with Crippen LogP contribution in [0.4, 0.5) is 0 Å². The topological polar surface area (TPSA) is 38.0 Å². The lowest BCUT2D eigenvalue weighted by Crippen LogP contribution is -2.45. The van der Waals surface area contributed by atoms with Crippen LogP contribution in [-0.4, -0.2) is 6.04 Å². The summed E-state index contributed by atoms with van der Waals surface area (Å²) in [5.74, 6) is 6.51. The van der Waals surface area contributed by atoms with Crippen molar-refractivity contribution in [1.29, 1.82) is 0 Å². The highest BCUT2D eigenvalue weighted by Gasteiger charge is 2.39. The summed E-state index contributed by atoms with van der Waals surface area (Å²) in [6.07, 6.45) is 6.10. The Morgan fingerprint density at radius 3 is 2.37 bits per heavy atom. The summed E-state index contributed by atoms with van der Waals surface area (Å²) < 4.78 is 0. The van der Waals surface area contributed by atoms with Crippen LogP contribution in [0.5, 0.6) is 0 Å². The van der Waals surface area contributed by atoms with Gasteiger partial charge in [-0.1, -0.05) is 51.5 Å². The molecule has 0 heterocycles. The molecular weight excluding hydrogens is 232 g/mol. The highest BCUT2D eigenvalue weighted by molar-refractivity contribution is 5.23. The summed E-state index contributed by atoms with van der Waals surface area (Å²) in [5, 5.41) is 0. The number of aryl methyl sites for hydroxylation is 1. The standard InChI is InChI=1S/C17H28N2/c1-4-13-7-9-14(10-8-13)12-16(19-18)15-6-5-11-17(15,2)3/h7-10,15-16,19H,4-6,11-12,18H2,1-3H3. The van der Waals surface area contributed by atoms with Gasteiger partial charge in [0.05, 0.1) is 0 Å². The molecule has 106 valence electrons. The number of hydrazine groups is 1. The zero-order valence-corrected chi connectivity index (χ0v) is 12.6. The van der Waals surface area contributed by atoms with Crippen molar-refractivity contribution in [2.75, 3.05) is 0 Å². The molecule has 1 fully saturated rings. The minimum Gasteiger partial charge on any atom is -0.271 e. The van der Waals surface area contributed by atoms with Crippen LogP contribution in [0.1, 0.15) is 51.2 Å². The van der Waals surface area contributed by atoms with E-state index in [0.29, 0.717) is 17.4 Å². The van der Waals surface area contributed by atoms with Gasteiger partial charge in [0, 0.05) is 6.04 Å². The van der Waals surface area contributed by atoms with Crippen molar-refractivity contribution >= 4 is 0 Å². The van der Waals surface area contributed by atoms with E-state index in [-0.39, 0.29) is 0 Å². The quantitative estimate of drug-likeness (QED) is 0.628. The number of rotatable bonds is 5. The lowest BCUT2D eigenvalue weighted by Gasteiger charge is -2.34. The second-order valence-electron chi connectivity index (χ2n) is 6.63. The molecule has 1 aliphatic rings.